The summed E-state index contributed by atoms with van der Waals surface area (Å²) < 4.78 is 0. The van der Waals surface area contributed by atoms with Crippen molar-refractivity contribution in [1.29, 1.82) is 0 Å². The first kappa shape index (κ1) is 9.34. The summed E-state index contributed by atoms with van der Waals surface area (Å²) in [6.45, 7) is 3.72. The summed E-state index contributed by atoms with van der Waals surface area (Å²) in [5, 5.41) is 6.73. The first-order valence-electron chi connectivity index (χ1n) is 4.11. The summed E-state index contributed by atoms with van der Waals surface area (Å²) in [7, 11) is 0. The molecule has 1 aliphatic rings. The van der Waals surface area contributed by atoms with Crippen LogP contribution >= 0.6 is 12.2 Å². The maximum atomic E-state index is 5.07. The van der Waals surface area contributed by atoms with Gasteiger partial charge in [0.05, 0.1) is 6.54 Å². The van der Waals surface area contributed by atoms with Gasteiger partial charge in [-0.1, -0.05) is 12.8 Å². The van der Waals surface area contributed by atoms with Gasteiger partial charge in [0.1, 0.15) is 0 Å². The van der Waals surface area contributed by atoms with Gasteiger partial charge in [-0.25, -0.2) is 0 Å². The van der Waals surface area contributed by atoms with Gasteiger partial charge in [-0.2, -0.15) is 0 Å². The molecule has 0 aromatic carbocycles. The van der Waals surface area contributed by atoms with Crippen molar-refractivity contribution in [3.63, 3.8) is 0 Å². The molecule has 1 saturated carbocycles. The largest absolute Gasteiger partial charge is 0.362 e. The Morgan fingerprint density at radius 3 is 2.75 bits per heavy atom. The first-order valence-corrected chi connectivity index (χ1v) is 4.52. The van der Waals surface area contributed by atoms with Crippen LogP contribution in [0, 0.1) is 17.8 Å². The molecule has 0 unspecified atom stereocenters. The number of thiocarbonyl (C=S) groups is 1. The van der Waals surface area contributed by atoms with Gasteiger partial charge >= 0.3 is 0 Å². The molecule has 0 radical (unpaired) electrons. The highest BCUT2D eigenvalue weighted by Gasteiger charge is 2.36. The second-order valence-electron chi connectivity index (χ2n) is 3.55. The molecule has 0 bridgehead atoms. The Morgan fingerprint density at radius 1 is 1.58 bits per heavy atom. The van der Waals surface area contributed by atoms with Crippen LogP contribution in [-0.2, 0) is 0 Å². The van der Waals surface area contributed by atoms with Gasteiger partial charge in [-0.15, -0.1) is 6.42 Å². The number of rotatable bonds is 3. The normalized spacial score (nSPS) is 17.7. The van der Waals surface area contributed by atoms with E-state index >= 15 is 0 Å². The summed E-state index contributed by atoms with van der Waals surface area (Å²) in [4.78, 5) is 0. The molecular formula is C9H14N2S. The molecule has 0 aliphatic heterocycles. The molecule has 12 heavy (non-hydrogen) atoms. The van der Waals surface area contributed by atoms with E-state index in [0.717, 1.165) is 6.54 Å². The zero-order valence-corrected chi connectivity index (χ0v) is 8.13. The highest BCUT2D eigenvalue weighted by atomic mass is 32.1. The Kier molecular flexibility index (Phi) is 2.93. The minimum absolute atomic E-state index is 0.488. The van der Waals surface area contributed by atoms with Crippen molar-refractivity contribution in [3.8, 4) is 12.3 Å². The highest BCUT2D eigenvalue weighted by molar-refractivity contribution is 7.80. The van der Waals surface area contributed by atoms with Crippen LogP contribution in [-0.4, -0.2) is 18.2 Å². The lowest BCUT2D eigenvalue weighted by atomic mass is 10.1. The first-order chi connectivity index (χ1) is 5.66. The molecule has 0 aromatic rings. The Hall–Kier alpha value is -0.750. The summed E-state index contributed by atoms with van der Waals surface area (Å²) in [5.41, 5.74) is 0.488. The molecule has 0 amide bonds. The quantitative estimate of drug-likeness (QED) is 0.500. The third kappa shape index (κ3) is 3.10. The van der Waals surface area contributed by atoms with Gasteiger partial charge in [0.25, 0.3) is 0 Å². The molecule has 0 spiro atoms. The topological polar surface area (TPSA) is 24.1 Å². The maximum Gasteiger partial charge on any atom is 0.167 e. The number of terminal acetylenes is 1. The fraction of sp³-hybridized carbons (Fsp3) is 0.667. The summed E-state index contributed by atoms with van der Waals surface area (Å²) in [5.74, 6) is 2.47. The second kappa shape index (κ2) is 3.77. The molecule has 1 fully saturated rings. The summed E-state index contributed by atoms with van der Waals surface area (Å²) in [6, 6.07) is 0. The molecule has 0 aromatic heterocycles. The zero-order valence-electron chi connectivity index (χ0n) is 7.31. The number of nitrogens with one attached hydrogen (secondary N) is 2. The van der Waals surface area contributed by atoms with Gasteiger partial charge in [0.15, 0.2) is 5.11 Å². The molecule has 3 heteroatoms. The number of hydrogen-bond donors (Lipinski definition) is 2. The van der Waals surface area contributed by atoms with Gasteiger partial charge < -0.3 is 10.6 Å². The minimum atomic E-state index is 0.488. The van der Waals surface area contributed by atoms with Crippen molar-refractivity contribution in [2.24, 2.45) is 5.41 Å². The van der Waals surface area contributed by atoms with E-state index in [2.05, 4.69) is 23.5 Å². The van der Waals surface area contributed by atoms with Crippen LogP contribution in [0.15, 0.2) is 0 Å². The van der Waals surface area contributed by atoms with E-state index in [1.54, 1.807) is 0 Å². The fourth-order valence-electron chi connectivity index (χ4n) is 0.878. The Balaban J connectivity index is 2.07. The molecule has 0 atom stereocenters. The lowest BCUT2D eigenvalue weighted by Gasteiger charge is -2.12. The molecule has 0 heterocycles. The van der Waals surface area contributed by atoms with Gasteiger partial charge in [0, 0.05) is 6.54 Å². The van der Waals surface area contributed by atoms with Crippen molar-refractivity contribution < 1.29 is 0 Å². The monoisotopic (exact) mass is 182 g/mol. The molecule has 0 saturated heterocycles. The average molecular weight is 182 g/mol. The van der Waals surface area contributed by atoms with E-state index in [1.165, 1.54) is 12.8 Å². The summed E-state index contributed by atoms with van der Waals surface area (Å²) in [6.07, 6.45) is 7.68. The van der Waals surface area contributed by atoms with Crippen LogP contribution in [0.25, 0.3) is 0 Å². The summed E-state index contributed by atoms with van der Waals surface area (Å²) >= 11 is 5.00. The van der Waals surface area contributed by atoms with E-state index in [9.17, 15) is 0 Å². The van der Waals surface area contributed by atoms with E-state index in [4.69, 9.17) is 18.6 Å². The second-order valence-corrected chi connectivity index (χ2v) is 3.96. The minimum Gasteiger partial charge on any atom is -0.362 e. The van der Waals surface area contributed by atoms with Gasteiger partial charge in [0.2, 0.25) is 0 Å². The predicted molar refractivity (Wildman–Crippen MR) is 54.8 cm³/mol. The van der Waals surface area contributed by atoms with Gasteiger partial charge in [-0.3, -0.25) is 0 Å². The van der Waals surface area contributed by atoms with Crippen LogP contribution in [0.4, 0.5) is 0 Å². The van der Waals surface area contributed by atoms with E-state index in [0.29, 0.717) is 17.1 Å². The molecule has 2 N–H and O–H groups in total. The molecule has 66 valence electrons. The van der Waals surface area contributed by atoms with Crippen LogP contribution in [0.5, 0.6) is 0 Å². The van der Waals surface area contributed by atoms with Crippen molar-refractivity contribution in [3.05, 3.63) is 0 Å². The smallest absolute Gasteiger partial charge is 0.167 e. The van der Waals surface area contributed by atoms with E-state index < -0.39 is 0 Å². The predicted octanol–water partition coefficient (Wildman–Crippen LogP) is 0.884. The van der Waals surface area contributed by atoms with Crippen molar-refractivity contribution in [2.45, 2.75) is 19.8 Å². The van der Waals surface area contributed by atoms with Gasteiger partial charge in [-0.05, 0) is 30.5 Å². The van der Waals surface area contributed by atoms with Crippen LogP contribution in [0.2, 0.25) is 0 Å². The van der Waals surface area contributed by atoms with Crippen LogP contribution in [0.1, 0.15) is 19.8 Å². The third-order valence-corrected chi connectivity index (χ3v) is 2.42. The Labute approximate surface area is 79.1 Å². The SMILES string of the molecule is C#CCNC(=S)NCC1(C)CC1. The third-order valence-electron chi connectivity index (χ3n) is 2.13. The van der Waals surface area contributed by atoms with Crippen LogP contribution in [0.3, 0.4) is 0 Å². The van der Waals surface area contributed by atoms with Crippen molar-refractivity contribution >= 4 is 17.3 Å². The van der Waals surface area contributed by atoms with E-state index in [-0.39, 0.29) is 0 Å². The molecule has 1 aliphatic carbocycles. The Morgan fingerprint density at radius 2 is 2.25 bits per heavy atom. The maximum absolute atomic E-state index is 5.07. The lowest BCUT2D eigenvalue weighted by Crippen LogP contribution is -2.38. The molecule has 1 rings (SSSR count). The Bertz CT molecular complexity index is 213. The van der Waals surface area contributed by atoms with E-state index in [1.807, 2.05) is 0 Å². The zero-order chi connectivity index (χ0) is 9.03. The average Bonchev–Trinajstić information content (AvgIpc) is 2.77. The van der Waals surface area contributed by atoms with Crippen molar-refractivity contribution in [2.75, 3.05) is 13.1 Å². The molecular weight excluding hydrogens is 168 g/mol. The lowest BCUT2D eigenvalue weighted by molar-refractivity contribution is 0.554. The van der Waals surface area contributed by atoms with Crippen LogP contribution < -0.4 is 10.6 Å². The standard InChI is InChI=1S/C9H14N2S/c1-3-6-10-8(12)11-7-9(2)4-5-9/h1H,4-7H2,2H3,(H2,10,11,12). The van der Waals surface area contributed by atoms with Crippen molar-refractivity contribution in [1.82, 2.24) is 10.6 Å². The molecule has 2 nitrogen and oxygen atoms in total. The fourth-order valence-corrected chi connectivity index (χ4v) is 1.02. The number of hydrogen-bond acceptors (Lipinski definition) is 1. The highest BCUT2D eigenvalue weighted by Crippen LogP contribution is 2.43.